The summed E-state index contributed by atoms with van der Waals surface area (Å²) in [5.74, 6) is 0.380. The van der Waals surface area contributed by atoms with E-state index in [-0.39, 0.29) is 29.7 Å². The summed E-state index contributed by atoms with van der Waals surface area (Å²) in [6, 6.07) is 15.4. The van der Waals surface area contributed by atoms with E-state index in [1.54, 1.807) is 29.0 Å². The molecule has 2 aromatic carbocycles. The fourth-order valence-electron chi connectivity index (χ4n) is 4.57. The molecule has 2 aliphatic heterocycles. The molecular weight excluding hydrogens is 408 g/mol. The molecule has 32 heavy (non-hydrogen) atoms. The predicted molar refractivity (Wildman–Crippen MR) is 121 cm³/mol. The molecule has 2 fully saturated rings. The zero-order valence-electron chi connectivity index (χ0n) is 18.4. The summed E-state index contributed by atoms with van der Waals surface area (Å²) in [5.41, 5.74) is 1.39. The first-order valence-corrected chi connectivity index (χ1v) is 11.0. The third-order valence-electron chi connectivity index (χ3n) is 6.16. The Kier molecular flexibility index (Phi) is 6.55. The van der Waals surface area contributed by atoms with Crippen molar-refractivity contribution in [2.45, 2.75) is 50.8 Å². The van der Waals surface area contributed by atoms with Crippen LogP contribution < -0.4 is 14.5 Å². The number of amides is 2. The molecule has 0 spiro atoms. The van der Waals surface area contributed by atoms with Gasteiger partial charge in [0.1, 0.15) is 17.9 Å². The molecule has 0 radical (unpaired) electrons. The van der Waals surface area contributed by atoms with Gasteiger partial charge in [0, 0.05) is 31.3 Å². The normalized spacial score (nSPS) is 22.4. The average molecular weight is 437 g/mol. The van der Waals surface area contributed by atoms with Crippen LogP contribution in [-0.4, -0.2) is 49.5 Å². The van der Waals surface area contributed by atoms with E-state index >= 15 is 0 Å². The van der Waals surface area contributed by atoms with Crippen LogP contribution in [0.1, 0.15) is 32.6 Å². The van der Waals surface area contributed by atoms with Crippen molar-refractivity contribution in [3.05, 3.63) is 54.6 Å². The van der Waals surface area contributed by atoms with Crippen LogP contribution in [0.4, 0.5) is 11.4 Å². The van der Waals surface area contributed by atoms with Crippen molar-refractivity contribution in [3.63, 3.8) is 0 Å². The number of Topliss-reactive ketones (excluding diaryl/α,β-unsaturated/α-hetero) is 1. The van der Waals surface area contributed by atoms with Gasteiger partial charge in [0.15, 0.2) is 5.78 Å². The van der Waals surface area contributed by atoms with E-state index < -0.39 is 6.04 Å². The number of methoxy groups -OCH3 is 1. The fourth-order valence-corrected chi connectivity index (χ4v) is 4.57. The lowest BCUT2D eigenvalue weighted by Crippen LogP contribution is -2.72. The topological polar surface area (TPSA) is 76.2 Å². The second kappa shape index (κ2) is 9.53. The molecule has 2 aliphatic rings. The summed E-state index contributed by atoms with van der Waals surface area (Å²) in [6.07, 6.45) is 2.05. The van der Waals surface area contributed by atoms with E-state index in [0.717, 1.165) is 18.5 Å². The molecule has 0 saturated carbocycles. The molecule has 2 amide bonds. The summed E-state index contributed by atoms with van der Waals surface area (Å²) in [7, 11) is 1.59. The lowest BCUT2D eigenvalue weighted by molar-refractivity contribution is -0.131. The van der Waals surface area contributed by atoms with Gasteiger partial charge in [-0.3, -0.25) is 19.3 Å². The van der Waals surface area contributed by atoms with E-state index in [1.807, 2.05) is 42.5 Å². The van der Waals surface area contributed by atoms with E-state index in [9.17, 15) is 14.4 Å². The number of β-lactam (4-membered cyclic amide) rings is 1. The Morgan fingerprint density at radius 1 is 1.12 bits per heavy atom. The van der Waals surface area contributed by atoms with Crippen molar-refractivity contribution in [3.8, 4) is 5.75 Å². The monoisotopic (exact) mass is 436 g/mol. The van der Waals surface area contributed by atoms with E-state index in [4.69, 9.17) is 9.47 Å². The second-order valence-electron chi connectivity index (χ2n) is 8.15. The first kappa shape index (κ1) is 22.0. The molecule has 0 aromatic heterocycles. The van der Waals surface area contributed by atoms with E-state index in [0.29, 0.717) is 30.9 Å². The number of nitrogens with zero attached hydrogens (tertiary/aromatic N) is 2. The Bertz CT molecular complexity index is 970. The molecule has 0 aliphatic carbocycles. The van der Waals surface area contributed by atoms with Crippen molar-refractivity contribution in [2.24, 2.45) is 0 Å². The third kappa shape index (κ3) is 4.25. The first-order chi connectivity index (χ1) is 15.5. The molecule has 4 rings (SSSR count). The molecule has 0 bridgehead atoms. The van der Waals surface area contributed by atoms with Crippen LogP contribution in [0, 0.1) is 0 Å². The maximum Gasteiger partial charge on any atom is 0.252 e. The number of para-hydroxylation sites is 1. The number of ether oxygens (including phenoxy) is 2. The quantitative estimate of drug-likeness (QED) is 0.593. The Labute approximate surface area is 187 Å². The van der Waals surface area contributed by atoms with Crippen molar-refractivity contribution in [2.75, 3.05) is 23.5 Å². The fraction of sp³-hybridized carbons (Fsp3) is 0.400. The highest BCUT2D eigenvalue weighted by molar-refractivity contribution is 6.12. The summed E-state index contributed by atoms with van der Waals surface area (Å²) in [6.45, 7) is 2.08. The van der Waals surface area contributed by atoms with Gasteiger partial charge in [0.25, 0.3) is 5.91 Å². The Morgan fingerprint density at radius 3 is 2.44 bits per heavy atom. The number of rotatable bonds is 8. The maximum atomic E-state index is 13.3. The van der Waals surface area contributed by atoms with Gasteiger partial charge < -0.3 is 14.4 Å². The van der Waals surface area contributed by atoms with Gasteiger partial charge in [-0.25, -0.2) is 0 Å². The maximum absolute atomic E-state index is 13.3. The van der Waals surface area contributed by atoms with Crippen LogP contribution in [0.5, 0.6) is 5.75 Å². The molecule has 7 heteroatoms. The van der Waals surface area contributed by atoms with Gasteiger partial charge >= 0.3 is 0 Å². The van der Waals surface area contributed by atoms with Crippen LogP contribution in [0.15, 0.2) is 54.6 Å². The zero-order valence-corrected chi connectivity index (χ0v) is 18.4. The number of benzene rings is 2. The van der Waals surface area contributed by atoms with Crippen LogP contribution in [0.3, 0.4) is 0 Å². The summed E-state index contributed by atoms with van der Waals surface area (Å²) in [4.78, 5) is 41.8. The minimum absolute atomic E-state index is 0.0596. The lowest BCUT2D eigenvalue weighted by atomic mass is 9.86. The molecule has 0 unspecified atom stereocenters. The molecule has 0 N–H and O–H groups in total. The van der Waals surface area contributed by atoms with Crippen molar-refractivity contribution in [1.29, 1.82) is 0 Å². The molecular formula is C25H28N2O5. The number of hydrogen-bond donors (Lipinski definition) is 0. The predicted octanol–water partition coefficient (Wildman–Crippen LogP) is 3.36. The van der Waals surface area contributed by atoms with E-state index in [2.05, 4.69) is 0 Å². The number of hydrogen-bond acceptors (Lipinski definition) is 5. The third-order valence-corrected chi connectivity index (χ3v) is 6.16. The molecule has 2 aromatic rings. The molecule has 7 nitrogen and oxygen atoms in total. The minimum atomic E-state index is -0.658. The number of anilines is 2. The summed E-state index contributed by atoms with van der Waals surface area (Å²) < 4.78 is 10.8. The van der Waals surface area contributed by atoms with Crippen LogP contribution in [0.25, 0.3) is 0 Å². The summed E-state index contributed by atoms with van der Waals surface area (Å²) >= 11 is 0. The Balaban J connectivity index is 1.60. The highest BCUT2D eigenvalue weighted by Gasteiger charge is 2.52. The van der Waals surface area contributed by atoms with E-state index in [1.165, 1.54) is 6.92 Å². The van der Waals surface area contributed by atoms with Gasteiger partial charge in [-0.05, 0) is 55.7 Å². The zero-order chi connectivity index (χ0) is 22.7. The van der Waals surface area contributed by atoms with Crippen LogP contribution in [0.2, 0.25) is 0 Å². The van der Waals surface area contributed by atoms with Crippen molar-refractivity contribution in [1.82, 2.24) is 0 Å². The van der Waals surface area contributed by atoms with Gasteiger partial charge in [-0.1, -0.05) is 18.2 Å². The molecule has 168 valence electrons. The SMILES string of the molecule is COc1ccc(N2C(=O)[C@H](N(C(C)=O)c3ccccc3)[C@H]2CCC(=O)[C@@H]2CCCO2)cc1. The lowest BCUT2D eigenvalue weighted by Gasteiger charge is -2.51. The molecule has 2 saturated heterocycles. The van der Waals surface area contributed by atoms with Crippen molar-refractivity contribution < 1.29 is 23.9 Å². The Morgan fingerprint density at radius 2 is 1.84 bits per heavy atom. The van der Waals surface area contributed by atoms with Gasteiger partial charge in [-0.2, -0.15) is 0 Å². The standard InChI is InChI=1S/C25H28N2O5/c1-17(28)26(18-7-4-3-5-8-18)24-21(14-15-22(29)23-9-6-16-32-23)27(25(24)30)19-10-12-20(31-2)13-11-19/h3-5,7-8,10-13,21,23-24H,6,9,14-16H2,1-2H3/t21-,23+,24-/m1/s1. The molecule has 3 atom stereocenters. The number of carbonyl (C=O) groups is 3. The number of carbonyl (C=O) groups excluding carboxylic acids is 3. The van der Waals surface area contributed by atoms with Crippen LogP contribution >= 0.6 is 0 Å². The molecule has 2 heterocycles. The average Bonchev–Trinajstić information content (AvgIpc) is 3.35. The highest BCUT2D eigenvalue weighted by Crippen LogP contribution is 2.37. The smallest absolute Gasteiger partial charge is 0.252 e. The van der Waals surface area contributed by atoms with Gasteiger partial charge in [-0.15, -0.1) is 0 Å². The number of ketones is 1. The summed E-state index contributed by atoms with van der Waals surface area (Å²) in [5, 5.41) is 0. The van der Waals surface area contributed by atoms with Gasteiger partial charge in [0.05, 0.1) is 13.2 Å². The van der Waals surface area contributed by atoms with Gasteiger partial charge in [0.2, 0.25) is 5.91 Å². The van der Waals surface area contributed by atoms with Crippen molar-refractivity contribution >= 4 is 29.0 Å². The van der Waals surface area contributed by atoms with Crippen LogP contribution in [-0.2, 0) is 19.1 Å². The second-order valence-corrected chi connectivity index (χ2v) is 8.15. The first-order valence-electron chi connectivity index (χ1n) is 11.0. The Hall–Kier alpha value is -3.19. The highest BCUT2D eigenvalue weighted by atomic mass is 16.5. The minimum Gasteiger partial charge on any atom is -0.497 e. The largest absolute Gasteiger partial charge is 0.497 e.